The molecule has 2 N–H and O–H groups in total. The Kier molecular flexibility index (Phi) is 9.29. The van der Waals surface area contributed by atoms with Crippen LogP contribution < -0.4 is 15.5 Å². The molecule has 3 heterocycles. The molecule has 2 aromatic rings. The van der Waals surface area contributed by atoms with Crippen molar-refractivity contribution in [1.29, 1.82) is 0 Å². The quantitative estimate of drug-likeness (QED) is 0.362. The molecule has 148 valence electrons. The van der Waals surface area contributed by atoms with Crippen molar-refractivity contribution in [2.75, 3.05) is 37.7 Å². The monoisotopic (exact) mass is 501 g/mol. The van der Waals surface area contributed by atoms with Gasteiger partial charge in [0.25, 0.3) is 0 Å². The van der Waals surface area contributed by atoms with Crippen LogP contribution in [0.25, 0.3) is 0 Å². The lowest BCUT2D eigenvalue weighted by Gasteiger charge is -2.29. The van der Waals surface area contributed by atoms with Gasteiger partial charge in [0, 0.05) is 36.3 Å². The number of ether oxygens (including phenoxy) is 1. The predicted molar refractivity (Wildman–Crippen MR) is 123 cm³/mol. The maximum atomic E-state index is 5.45. The van der Waals surface area contributed by atoms with Crippen LogP contribution in [0.15, 0.2) is 34.8 Å². The van der Waals surface area contributed by atoms with Crippen LogP contribution in [0.1, 0.15) is 22.9 Å². The third-order valence-corrected chi connectivity index (χ3v) is 5.34. The Labute approximate surface area is 182 Å². The maximum Gasteiger partial charge on any atom is 0.191 e. The Bertz CT molecular complexity index is 730. The normalized spacial score (nSPS) is 14.6. The van der Waals surface area contributed by atoms with E-state index in [0.29, 0.717) is 6.54 Å². The summed E-state index contributed by atoms with van der Waals surface area (Å²) in [7, 11) is 0. The molecule has 0 aromatic carbocycles. The van der Waals surface area contributed by atoms with Crippen molar-refractivity contribution in [2.45, 2.75) is 26.9 Å². The average molecular weight is 501 g/mol. The van der Waals surface area contributed by atoms with E-state index >= 15 is 0 Å². The lowest BCUT2D eigenvalue weighted by atomic mass is 10.2. The number of pyridine rings is 1. The number of hydrogen-bond acceptors (Lipinski definition) is 5. The smallest absolute Gasteiger partial charge is 0.191 e. The van der Waals surface area contributed by atoms with Crippen molar-refractivity contribution >= 4 is 47.1 Å². The number of nitrogens with zero attached hydrogens (tertiary/aromatic N) is 3. The second-order valence-corrected chi connectivity index (χ2v) is 7.16. The van der Waals surface area contributed by atoms with Crippen LogP contribution in [0.4, 0.5) is 5.82 Å². The van der Waals surface area contributed by atoms with Crippen molar-refractivity contribution in [2.24, 2.45) is 4.99 Å². The number of aromatic nitrogens is 1. The van der Waals surface area contributed by atoms with E-state index < -0.39 is 0 Å². The molecule has 0 amide bonds. The van der Waals surface area contributed by atoms with Gasteiger partial charge in [-0.3, -0.25) is 0 Å². The molecule has 8 heteroatoms. The summed E-state index contributed by atoms with van der Waals surface area (Å²) in [5.41, 5.74) is 2.46. The Balaban J connectivity index is 0.00000261. The van der Waals surface area contributed by atoms with Crippen LogP contribution in [-0.2, 0) is 17.8 Å². The van der Waals surface area contributed by atoms with Gasteiger partial charge in [-0.05, 0) is 36.9 Å². The van der Waals surface area contributed by atoms with Crippen LogP contribution in [-0.4, -0.2) is 43.8 Å². The first kappa shape index (κ1) is 21.9. The van der Waals surface area contributed by atoms with Gasteiger partial charge in [-0.1, -0.05) is 6.07 Å². The van der Waals surface area contributed by atoms with E-state index in [0.717, 1.165) is 56.7 Å². The van der Waals surface area contributed by atoms with E-state index in [1.165, 1.54) is 10.4 Å². The van der Waals surface area contributed by atoms with Gasteiger partial charge in [-0.25, -0.2) is 9.98 Å². The second kappa shape index (κ2) is 11.5. The topological polar surface area (TPSA) is 61.8 Å². The largest absolute Gasteiger partial charge is 0.378 e. The Morgan fingerprint density at radius 1 is 1.30 bits per heavy atom. The molecule has 2 aromatic heterocycles. The van der Waals surface area contributed by atoms with E-state index in [9.17, 15) is 0 Å². The zero-order valence-electron chi connectivity index (χ0n) is 15.9. The molecule has 1 saturated heterocycles. The number of hydrogen-bond donors (Lipinski definition) is 2. The van der Waals surface area contributed by atoms with Crippen LogP contribution in [0, 0.1) is 6.92 Å². The van der Waals surface area contributed by atoms with Crippen molar-refractivity contribution in [3.63, 3.8) is 0 Å². The fraction of sp³-hybridized carbons (Fsp3) is 0.474. The molecular formula is C19H28IN5OS. The minimum atomic E-state index is 0. The fourth-order valence-corrected chi connectivity index (χ4v) is 3.71. The highest BCUT2D eigenvalue weighted by molar-refractivity contribution is 14.0. The molecule has 6 nitrogen and oxygen atoms in total. The molecular weight excluding hydrogens is 473 g/mol. The summed E-state index contributed by atoms with van der Waals surface area (Å²) in [5.74, 6) is 1.85. The maximum absolute atomic E-state index is 5.45. The van der Waals surface area contributed by atoms with Crippen molar-refractivity contribution in [3.8, 4) is 0 Å². The fourth-order valence-electron chi connectivity index (χ4n) is 2.87. The zero-order chi connectivity index (χ0) is 18.2. The molecule has 0 atom stereocenters. The third-order valence-electron chi connectivity index (χ3n) is 4.31. The SMILES string of the molecule is CCNC(=NCc1cccnc1N1CCOCC1)NCc1sccc1C.I. The Morgan fingerprint density at radius 3 is 2.81 bits per heavy atom. The minimum Gasteiger partial charge on any atom is -0.378 e. The van der Waals surface area contributed by atoms with E-state index in [1.54, 1.807) is 11.3 Å². The summed E-state index contributed by atoms with van der Waals surface area (Å²) in [6.07, 6.45) is 1.85. The van der Waals surface area contributed by atoms with E-state index in [2.05, 4.69) is 51.9 Å². The van der Waals surface area contributed by atoms with Gasteiger partial charge in [0.2, 0.25) is 0 Å². The average Bonchev–Trinajstić information content (AvgIpc) is 3.10. The number of thiophene rings is 1. The van der Waals surface area contributed by atoms with Gasteiger partial charge in [0.1, 0.15) is 5.82 Å². The second-order valence-electron chi connectivity index (χ2n) is 6.16. The van der Waals surface area contributed by atoms with E-state index in [1.807, 2.05) is 12.3 Å². The summed E-state index contributed by atoms with van der Waals surface area (Å²) in [5, 5.41) is 8.88. The molecule has 0 unspecified atom stereocenters. The number of morpholine rings is 1. The lowest BCUT2D eigenvalue weighted by molar-refractivity contribution is 0.122. The van der Waals surface area contributed by atoms with Crippen LogP contribution >= 0.6 is 35.3 Å². The van der Waals surface area contributed by atoms with Crippen molar-refractivity contribution in [1.82, 2.24) is 15.6 Å². The van der Waals surface area contributed by atoms with Crippen molar-refractivity contribution in [3.05, 3.63) is 45.8 Å². The number of aliphatic imine (C=N–C) groups is 1. The molecule has 1 aliphatic heterocycles. The molecule has 0 saturated carbocycles. The Morgan fingerprint density at radius 2 is 2.11 bits per heavy atom. The summed E-state index contributed by atoms with van der Waals surface area (Å²) in [6.45, 7) is 9.70. The molecule has 27 heavy (non-hydrogen) atoms. The number of nitrogens with one attached hydrogen (secondary N) is 2. The third kappa shape index (κ3) is 6.32. The van der Waals surface area contributed by atoms with Crippen LogP contribution in [0.3, 0.4) is 0 Å². The summed E-state index contributed by atoms with van der Waals surface area (Å²) >= 11 is 1.77. The standard InChI is InChI=1S/C19H27N5OS.HI/c1-3-20-19(23-14-17-15(2)6-12-26-17)22-13-16-5-4-7-21-18(16)24-8-10-25-11-9-24;/h4-7,12H,3,8-11,13-14H2,1-2H3,(H2,20,22,23);1H. The highest BCUT2D eigenvalue weighted by Gasteiger charge is 2.15. The predicted octanol–water partition coefficient (Wildman–Crippen LogP) is 3.16. The van der Waals surface area contributed by atoms with E-state index in [-0.39, 0.29) is 24.0 Å². The molecule has 0 bridgehead atoms. The molecule has 0 aliphatic carbocycles. The van der Waals surface area contributed by atoms with Gasteiger partial charge in [0.05, 0.1) is 26.3 Å². The Hall–Kier alpha value is -1.39. The lowest BCUT2D eigenvalue weighted by Crippen LogP contribution is -2.38. The highest BCUT2D eigenvalue weighted by atomic mass is 127. The zero-order valence-corrected chi connectivity index (χ0v) is 19.0. The first-order chi connectivity index (χ1) is 12.8. The molecule has 0 radical (unpaired) electrons. The summed E-state index contributed by atoms with van der Waals surface area (Å²) < 4.78 is 5.45. The number of rotatable bonds is 6. The minimum absolute atomic E-state index is 0. The van der Waals surface area contributed by atoms with Gasteiger partial charge in [0.15, 0.2) is 5.96 Å². The highest BCUT2D eigenvalue weighted by Crippen LogP contribution is 2.19. The van der Waals surface area contributed by atoms with Gasteiger partial charge in [-0.15, -0.1) is 35.3 Å². The molecule has 1 fully saturated rings. The van der Waals surface area contributed by atoms with Crippen LogP contribution in [0.5, 0.6) is 0 Å². The molecule has 1 aliphatic rings. The number of aryl methyl sites for hydroxylation is 1. The summed E-state index contributed by atoms with van der Waals surface area (Å²) in [4.78, 5) is 13.0. The van der Waals surface area contributed by atoms with E-state index in [4.69, 9.17) is 9.73 Å². The number of anilines is 1. The van der Waals surface area contributed by atoms with Gasteiger partial charge >= 0.3 is 0 Å². The van der Waals surface area contributed by atoms with Gasteiger partial charge < -0.3 is 20.3 Å². The van der Waals surface area contributed by atoms with Crippen molar-refractivity contribution < 1.29 is 4.74 Å². The number of guanidine groups is 1. The van der Waals surface area contributed by atoms with Gasteiger partial charge in [-0.2, -0.15) is 0 Å². The first-order valence-electron chi connectivity index (χ1n) is 9.09. The molecule has 0 spiro atoms. The molecule has 3 rings (SSSR count). The van der Waals surface area contributed by atoms with Crippen LogP contribution in [0.2, 0.25) is 0 Å². The number of halogens is 1. The first-order valence-corrected chi connectivity index (χ1v) is 9.97. The summed E-state index contributed by atoms with van der Waals surface area (Å²) in [6, 6.07) is 6.23.